The molecule has 0 aliphatic rings. The zero-order chi connectivity index (χ0) is 14.3. The highest BCUT2D eigenvalue weighted by Gasteiger charge is 2.15. The van der Waals surface area contributed by atoms with E-state index < -0.39 is 0 Å². The molecular weight excluding hydrogens is 256 g/mol. The van der Waals surface area contributed by atoms with Crippen molar-refractivity contribution in [1.82, 2.24) is 5.32 Å². The maximum Gasteiger partial charge on any atom is 0.220 e. The summed E-state index contributed by atoms with van der Waals surface area (Å²) in [4.78, 5) is 13.3. The number of rotatable bonds is 8. The quantitative estimate of drug-likeness (QED) is 0.770. The molecule has 1 aromatic heterocycles. The van der Waals surface area contributed by atoms with Gasteiger partial charge in [0.1, 0.15) is 0 Å². The molecule has 2 atom stereocenters. The Balaban J connectivity index is 2.33. The summed E-state index contributed by atoms with van der Waals surface area (Å²) in [7, 11) is 0. The Morgan fingerprint density at radius 3 is 2.68 bits per heavy atom. The maximum absolute atomic E-state index is 12.0. The van der Waals surface area contributed by atoms with E-state index in [1.807, 2.05) is 6.07 Å². The minimum absolute atomic E-state index is 0.125. The van der Waals surface area contributed by atoms with Crippen LogP contribution in [0.4, 0.5) is 0 Å². The summed E-state index contributed by atoms with van der Waals surface area (Å²) in [5, 5.41) is 5.13. The summed E-state index contributed by atoms with van der Waals surface area (Å²) in [6.45, 7) is 6.97. The largest absolute Gasteiger partial charge is 0.353 e. The van der Waals surface area contributed by atoms with Gasteiger partial charge in [0.2, 0.25) is 5.91 Å². The highest BCUT2D eigenvalue weighted by Crippen LogP contribution is 2.15. The smallest absolute Gasteiger partial charge is 0.220 e. The second-order valence-corrected chi connectivity index (χ2v) is 6.72. The van der Waals surface area contributed by atoms with Crippen LogP contribution in [0.3, 0.4) is 0 Å². The van der Waals surface area contributed by atoms with Gasteiger partial charge in [0.15, 0.2) is 0 Å². The van der Waals surface area contributed by atoms with E-state index in [4.69, 9.17) is 5.73 Å². The van der Waals surface area contributed by atoms with Gasteiger partial charge < -0.3 is 11.1 Å². The minimum Gasteiger partial charge on any atom is -0.353 e. The fourth-order valence-electron chi connectivity index (χ4n) is 2.31. The third kappa shape index (κ3) is 6.73. The number of carbonyl (C=O) groups is 1. The van der Waals surface area contributed by atoms with Gasteiger partial charge in [0.25, 0.3) is 0 Å². The van der Waals surface area contributed by atoms with Gasteiger partial charge >= 0.3 is 0 Å². The average Bonchev–Trinajstić information content (AvgIpc) is 2.79. The Bertz CT molecular complexity index is 362. The van der Waals surface area contributed by atoms with Crippen molar-refractivity contribution in [1.29, 1.82) is 0 Å². The summed E-state index contributed by atoms with van der Waals surface area (Å²) in [6, 6.07) is 4.33. The molecule has 0 aliphatic carbocycles. The number of amides is 1. The van der Waals surface area contributed by atoms with Crippen molar-refractivity contribution < 1.29 is 4.79 Å². The fraction of sp³-hybridized carbons (Fsp3) is 0.667. The number of nitrogens with one attached hydrogen (secondary N) is 1. The number of hydrogen-bond donors (Lipinski definition) is 2. The third-order valence-electron chi connectivity index (χ3n) is 3.11. The highest BCUT2D eigenvalue weighted by molar-refractivity contribution is 7.09. The van der Waals surface area contributed by atoms with Crippen molar-refractivity contribution in [2.24, 2.45) is 17.6 Å². The molecule has 108 valence electrons. The summed E-state index contributed by atoms with van der Waals surface area (Å²) < 4.78 is 0. The van der Waals surface area contributed by atoms with Gasteiger partial charge in [-0.3, -0.25) is 4.79 Å². The van der Waals surface area contributed by atoms with Crippen molar-refractivity contribution in [2.45, 2.75) is 46.1 Å². The molecule has 0 spiro atoms. The molecule has 0 saturated heterocycles. The molecule has 1 aromatic rings. The van der Waals surface area contributed by atoms with Gasteiger partial charge in [-0.15, -0.1) is 11.3 Å². The first-order valence-corrected chi connectivity index (χ1v) is 7.91. The molecule has 2 unspecified atom stereocenters. The Hall–Kier alpha value is -0.870. The van der Waals surface area contributed by atoms with Crippen LogP contribution in [0.5, 0.6) is 0 Å². The highest BCUT2D eigenvalue weighted by atomic mass is 32.1. The van der Waals surface area contributed by atoms with Crippen molar-refractivity contribution in [3.8, 4) is 0 Å². The van der Waals surface area contributed by atoms with E-state index in [9.17, 15) is 4.79 Å². The Morgan fingerprint density at radius 2 is 2.16 bits per heavy atom. The monoisotopic (exact) mass is 282 g/mol. The first kappa shape index (κ1) is 16.2. The second kappa shape index (κ2) is 8.33. The van der Waals surface area contributed by atoms with Gasteiger partial charge in [-0.05, 0) is 43.2 Å². The van der Waals surface area contributed by atoms with Crippen LogP contribution in [-0.2, 0) is 11.2 Å². The summed E-state index contributed by atoms with van der Waals surface area (Å²) >= 11 is 1.73. The van der Waals surface area contributed by atoms with Crippen LogP contribution in [0.15, 0.2) is 17.5 Å². The van der Waals surface area contributed by atoms with Crippen LogP contribution in [0.2, 0.25) is 0 Å². The summed E-state index contributed by atoms with van der Waals surface area (Å²) in [5.74, 6) is 1.01. The lowest BCUT2D eigenvalue weighted by Crippen LogP contribution is -2.36. The maximum atomic E-state index is 12.0. The molecule has 1 rings (SSSR count). The molecule has 1 amide bonds. The molecule has 4 heteroatoms. The SMILES string of the molecule is CC(C)CC(CN)CC(=O)NC(C)Cc1cccs1. The predicted molar refractivity (Wildman–Crippen MR) is 82.2 cm³/mol. The van der Waals surface area contributed by atoms with E-state index in [1.54, 1.807) is 11.3 Å². The Kier molecular flexibility index (Phi) is 7.10. The molecule has 3 N–H and O–H groups in total. The molecule has 0 fully saturated rings. The van der Waals surface area contributed by atoms with Crippen molar-refractivity contribution in [2.75, 3.05) is 6.54 Å². The van der Waals surface area contributed by atoms with Crippen LogP contribution < -0.4 is 11.1 Å². The van der Waals surface area contributed by atoms with Gasteiger partial charge in [-0.2, -0.15) is 0 Å². The van der Waals surface area contributed by atoms with Crippen molar-refractivity contribution >= 4 is 17.2 Å². The summed E-state index contributed by atoms with van der Waals surface area (Å²) in [5.41, 5.74) is 5.73. The average molecular weight is 282 g/mol. The van der Waals surface area contributed by atoms with Crippen LogP contribution in [0, 0.1) is 11.8 Å². The first-order chi connectivity index (χ1) is 9.01. The molecule has 0 saturated carbocycles. The molecule has 19 heavy (non-hydrogen) atoms. The lowest BCUT2D eigenvalue weighted by molar-refractivity contribution is -0.122. The summed E-state index contributed by atoms with van der Waals surface area (Å²) in [6.07, 6.45) is 2.47. The first-order valence-electron chi connectivity index (χ1n) is 7.03. The normalized spacial score (nSPS) is 14.4. The molecule has 0 aromatic carbocycles. The molecule has 1 heterocycles. The minimum atomic E-state index is 0.125. The van der Waals surface area contributed by atoms with E-state index in [0.29, 0.717) is 24.8 Å². The molecule has 0 bridgehead atoms. The van der Waals surface area contributed by atoms with E-state index in [0.717, 1.165) is 12.8 Å². The molecular formula is C15H26N2OS. The van der Waals surface area contributed by atoms with E-state index in [-0.39, 0.29) is 11.9 Å². The predicted octanol–water partition coefficient (Wildman–Crippen LogP) is 2.81. The lowest BCUT2D eigenvalue weighted by Gasteiger charge is -2.18. The van der Waals surface area contributed by atoms with Crippen molar-refractivity contribution in [3.05, 3.63) is 22.4 Å². The fourth-order valence-corrected chi connectivity index (χ4v) is 3.14. The number of thiophene rings is 1. The van der Waals surface area contributed by atoms with E-state index >= 15 is 0 Å². The van der Waals surface area contributed by atoms with Crippen molar-refractivity contribution in [3.63, 3.8) is 0 Å². The van der Waals surface area contributed by atoms with Gasteiger partial charge in [0.05, 0.1) is 0 Å². The zero-order valence-electron chi connectivity index (χ0n) is 12.2. The van der Waals surface area contributed by atoms with Crippen LogP contribution >= 0.6 is 11.3 Å². The Morgan fingerprint density at radius 1 is 1.42 bits per heavy atom. The van der Waals surface area contributed by atoms with E-state index in [1.165, 1.54) is 4.88 Å². The van der Waals surface area contributed by atoms with Gasteiger partial charge in [-0.25, -0.2) is 0 Å². The third-order valence-corrected chi connectivity index (χ3v) is 4.01. The standard InChI is InChI=1S/C15H26N2OS/c1-11(2)7-13(10-16)9-15(18)17-12(3)8-14-5-4-6-19-14/h4-6,11-13H,7-10,16H2,1-3H3,(H,17,18). The van der Waals surface area contributed by atoms with Crippen LogP contribution in [0.25, 0.3) is 0 Å². The van der Waals surface area contributed by atoms with Crippen LogP contribution in [0.1, 0.15) is 38.5 Å². The Labute approximate surface area is 120 Å². The molecule has 0 radical (unpaired) electrons. The number of carbonyl (C=O) groups excluding carboxylic acids is 1. The number of nitrogens with two attached hydrogens (primary N) is 1. The van der Waals surface area contributed by atoms with Crippen LogP contribution in [-0.4, -0.2) is 18.5 Å². The topological polar surface area (TPSA) is 55.1 Å². The van der Waals surface area contributed by atoms with Gasteiger partial charge in [-0.1, -0.05) is 19.9 Å². The van der Waals surface area contributed by atoms with Gasteiger partial charge in [0, 0.05) is 23.8 Å². The number of hydrogen-bond acceptors (Lipinski definition) is 3. The second-order valence-electron chi connectivity index (χ2n) is 5.69. The molecule has 0 aliphatic heterocycles. The lowest BCUT2D eigenvalue weighted by atomic mass is 9.94. The van der Waals surface area contributed by atoms with E-state index in [2.05, 4.69) is 37.5 Å². The zero-order valence-corrected chi connectivity index (χ0v) is 13.0. The molecule has 3 nitrogen and oxygen atoms in total.